The SMILES string of the molecule is O=C(O)CO[C@H]1CCC(=O)N(Cc2cccc(Cl)c2)[C@@H]1c1cccc(Cl)c1. The van der Waals surface area contributed by atoms with Crippen LogP contribution in [0.15, 0.2) is 48.5 Å². The molecule has 0 radical (unpaired) electrons. The third kappa shape index (κ3) is 5.01. The van der Waals surface area contributed by atoms with Crippen LogP contribution in [-0.4, -0.2) is 34.6 Å². The molecule has 1 aliphatic heterocycles. The van der Waals surface area contributed by atoms with Crippen molar-refractivity contribution < 1.29 is 19.4 Å². The lowest BCUT2D eigenvalue weighted by molar-refractivity contribution is -0.154. The average molecular weight is 408 g/mol. The van der Waals surface area contributed by atoms with Crippen molar-refractivity contribution in [3.8, 4) is 0 Å². The van der Waals surface area contributed by atoms with Crippen LogP contribution in [0.5, 0.6) is 0 Å². The van der Waals surface area contributed by atoms with Crippen molar-refractivity contribution in [1.82, 2.24) is 4.90 Å². The normalized spacial score (nSPS) is 19.9. The van der Waals surface area contributed by atoms with Crippen LogP contribution < -0.4 is 0 Å². The molecule has 1 saturated heterocycles. The van der Waals surface area contributed by atoms with E-state index >= 15 is 0 Å². The Bertz CT molecular complexity index is 842. The van der Waals surface area contributed by atoms with Gasteiger partial charge in [0, 0.05) is 23.0 Å². The van der Waals surface area contributed by atoms with E-state index in [9.17, 15) is 9.59 Å². The molecule has 0 aromatic heterocycles. The summed E-state index contributed by atoms with van der Waals surface area (Å²) in [4.78, 5) is 25.4. The number of halogens is 2. The first-order valence-electron chi connectivity index (χ1n) is 8.57. The van der Waals surface area contributed by atoms with Crippen LogP contribution in [0.1, 0.15) is 30.0 Å². The number of carbonyl (C=O) groups excluding carboxylic acids is 1. The fraction of sp³-hybridized carbons (Fsp3) is 0.300. The zero-order chi connectivity index (χ0) is 19.4. The fourth-order valence-corrected chi connectivity index (χ4v) is 3.79. The quantitative estimate of drug-likeness (QED) is 0.773. The molecule has 1 N–H and O–H groups in total. The van der Waals surface area contributed by atoms with Crippen LogP contribution in [0.25, 0.3) is 0 Å². The fourth-order valence-electron chi connectivity index (χ4n) is 3.38. The predicted octanol–water partition coefficient (Wildman–Crippen LogP) is 4.33. The second-order valence-electron chi connectivity index (χ2n) is 6.43. The number of ether oxygens (including phenoxy) is 1. The second kappa shape index (κ2) is 8.74. The van der Waals surface area contributed by atoms with Gasteiger partial charge in [0.2, 0.25) is 5.91 Å². The van der Waals surface area contributed by atoms with Crippen molar-refractivity contribution in [1.29, 1.82) is 0 Å². The van der Waals surface area contributed by atoms with Crippen molar-refractivity contribution in [3.05, 3.63) is 69.7 Å². The van der Waals surface area contributed by atoms with Gasteiger partial charge in [-0.2, -0.15) is 0 Å². The van der Waals surface area contributed by atoms with E-state index in [0.29, 0.717) is 29.4 Å². The van der Waals surface area contributed by atoms with E-state index in [0.717, 1.165) is 11.1 Å². The number of carboxylic acids is 1. The van der Waals surface area contributed by atoms with E-state index in [-0.39, 0.29) is 5.91 Å². The summed E-state index contributed by atoms with van der Waals surface area (Å²) in [5.74, 6) is -1.06. The van der Waals surface area contributed by atoms with Crippen LogP contribution in [0.2, 0.25) is 10.0 Å². The number of piperidine rings is 1. The number of aliphatic carboxylic acids is 1. The number of hydrogen-bond acceptors (Lipinski definition) is 3. The molecule has 142 valence electrons. The number of carbonyl (C=O) groups is 2. The van der Waals surface area contributed by atoms with Crippen molar-refractivity contribution in [2.24, 2.45) is 0 Å². The molecule has 27 heavy (non-hydrogen) atoms. The number of benzene rings is 2. The highest BCUT2D eigenvalue weighted by Crippen LogP contribution is 2.36. The minimum atomic E-state index is -1.04. The summed E-state index contributed by atoms with van der Waals surface area (Å²) in [6, 6.07) is 14.1. The zero-order valence-electron chi connectivity index (χ0n) is 14.5. The van der Waals surface area contributed by atoms with Gasteiger partial charge in [-0.05, 0) is 41.8 Å². The maximum atomic E-state index is 12.7. The molecule has 7 heteroatoms. The van der Waals surface area contributed by atoms with E-state index in [1.807, 2.05) is 30.3 Å². The Morgan fingerprint density at radius 1 is 1.15 bits per heavy atom. The van der Waals surface area contributed by atoms with E-state index in [4.69, 9.17) is 33.0 Å². The molecule has 5 nitrogen and oxygen atoms in total. The molecular formula is C20H19Cl2NO4. The maximum absolute atomic E-state index is 12.7. The summed E-state index contributed by atoms with van der Waals surface area (Å²) >= 11 is 12.2. The van der Waals surface area contributed by atoms with Gasteiger partial charge in [0.1, 0.15) is 6.61 Å². The molecule has 0 saturated carbocycles. The summed E-state index contributed by atoms with van der Waals surface area (Å²) < 4.78 is 5.63. The van der Waals surface area contributed by atoms with Gasteiger partial charge in [0.05, 0.1) is 12.1 Å². The first-order valence-corrected chi connectivity index (χ1v) is 9.32. The van der Waals surface area contributed by atoms with Gasteiger partial charge < -0.3 is 14.7 Å². The second-order valence-corrected chi connectivity index (χ2v) is 7.31. The Labute approximate surface area is 167 Å². The lowest BCUT2D eigenvalue weighted by atomic mass is 9.91. The van der Waals surface area contributed by atoms with E-state index in [2.05, 4.69) is 0 Å². The first-order chi connectivity index (χ1) is 12.9. The standard InChI is InChI=1S/C20H19Cl2NO4/c21-15-5-1-3-13(9-15)11-23-18(24)8-7-17(27-12-19(25)26)20(23)14-4-2-6-16(22)10-14/h1-6,9-10,17,20H,7-8,11-12H2,(H,25,26)/t17-,20+/m0/s1. The minimum Gasteiger partial charge on any atom is -0.480 e. The molecule has 2 aromatic rings. The van der Waals surface area contributed by atoms with Crippen molar-refractivity contribution in [2.45, 2.75) is 31.5 Å². The van der Waals surface area contributed by atoms with Crippen molar-refractivity contribution in [3.63, 3.8) is 0 Å². The lowest BCUT2D eigenvalue weighted by Gasteiger charge is -2.41. The van der Waals surface area contributed by atoms with Gasteiger partial charge in [-0.25, -0.2) is 4.79 Å². The monoisotopic (exact) mass is 407 g/mol. The number of nitrogens with zero attached hydrogens (tertiary/aromatic N) is 1. The van der Waals surface area contributed by atoms with Crippen LogP contribution in [0.4, 0.5) is 0 Å². The maximum Gasteiger partial charge on any atom is 0.329 e. The highest BCUT2D eigenvalue weighted by molar-refractivity contribution is 6.30. The third-order valence-electron chi connectivity index (χ3n) is 4.50. The topological polar surface area (TPSA) is 66.8 Å². The molecule has 1 amide bonds. The van der Waals surface area contributed by atoms with Crippen molar-refractivity contribution >= 4 is 35.1 Å². The first kappa shape index (κ1) is 19.7. The number of hydrogen-bond donors (Lipinski definition) is 1. The van der Waals surface area contributed by atoms with Gasteiger partial charge in [0.25, 0.3) is 0 Å². The summed E-state index contributed by atoms with van der Waals surface area (Å²) in [5, 5.41) is 10.1. The van der Waals surface area contributed by atoms with Crippen LogP contribution in [0, 0.1) is 0 Å². The van der Waals surface area contributed by atoms with Crippen molar-refractivity contribution in [2.75, 3.05) is 6.61 Å². The Morgan fingerprint density at radius 2 is 1.85 bits per heavy atom. The number of rotatable bonds is 6. The highest BCUT2D eigenvalue weighted by Gasteiger charge is 2.38. The Morgan fingerprint density at radius 3 is 2.52 bits per heavy atom. The Hall–Kier alpha value is -2.08. The molecule has 3 rings (SSSR count). The molecule has 1 heterocycles. The molecule has 0 bridgehead atoms. The summed E-state index contributed by atoms with van der Waals surface area (Å²) in [6.07, 6.45) is 0.313. The van der Waals surface area contributed by atoms with Crippen LogP contribution >= 0.6 is 23.2 Å². The number of likely N-dealkylation sites (tertiary alicyclic amines) is 1. The predicted molar refractivity (Wildman–Crippen MR) is 103 cm³/mol. The number of carboxylic acid groups (broad SMARTS) is 1. The van der Waals surface area contributed by atoms with Gasteiger partial charge in [0.15, 0.2) is 0 Å². The van der Waals surface area contributed by atoms with E-state index in [1.54, 1.807) is 23.1 Å². The smallest absolute Gasteiger partial charge is 0.329 e. The molecule has 0 aliphatic carbocycles. The van der Waals surface area contributed by atoms with Gasteiger partial charge >= 0.3 is 5.97 Å². The molecule has 1 aliphatic rings. The minimum absolute atomic E-state index is 0.0184. The van der Waals surface area contributed by atoms with E-state index < -0.39 is 24.7 Å². The molecule has 2 atom stereocenters. The molecule has 1 fully saturated rings. The zero-order valence-corrected chi connectivity index (χ0v) is 16.0. The Balaban J connectivity index is 1.95. The Kier molecular flexibility index (Phi) is 6.37. The van der Waals surface area contributed by atoms with Crippen LogP contribution in [0.3, 0.4) is 0 Å². The average Bonchev–Trinajstić information content (AvgIpc) is 2.62. The third-order valence-corrected chi connectivity index (χ3v) is 4.97. The molecule has 0 spiro atoms. The summed E-state index contributed by atoms with van der Waals surface area (Å²) in [5.41, 5.74) is 1.70. The number of amides is 1. The molecule has 0 unspecified atom stereocenters. The van der Waals surface area contributed by atoms with E-state index in [1.165, 1.54) is 0 Å². The summed E-state index contributed by atoms with van der Waals surface area (Å²) in [6.45, 7) is -0.0650. The van der Waals surface area contributed by atoms with Gasteiger partial charge in [-0.3, -0.25) is 4.79 Å². The highest BCUT2D eigenvalue weighted by atomic mass is 35.5. The van der Waals surface area contributed by atoms with Gasteiger partial charge in [-0.15, -0.1) is 0 Å². The lowest BCUT2D eigenvalue weighted by Crippen LogP contribution is -2.46. The largest absolute Gasteiger partial charge is 0.480 e. The van der Waals surface area contributed by atoms with Gasteiger partial charge in [-0.1, -0.05) is 47.5 Å². The van der Waals surface area contributed by atoms with Crippen LogP contribution in [-0.2, 0) is 20.9 Å². The molecular weight excluding hydrogens is 389 g/mol. The summed E-state index contributed by atoms with van der Waals surface area (Å²) in [7, 11) is 0. The molecule has 2 aromatic carbocycles.